The molecule has 2 aromatic rings. The lowest BCUT2D eigenvalue weighted by atomic mass is 10.1. The molecule has 8 heteroatoms. The topological polar surface area (TPSA) is 71.1 Å². The maximum absolute atomic E-state index is 13.9. The number of amides is 2. The maximum atomic E-state index is 13.9. The van der Waals surface area contributed by atoms with Crippen LogP contribution in [-0.4, -0.2) is 67.6 Å². The number of hydrogen-bond donors (Lipinski definition) is 1. The minimum Gasteiger partial charge on any atom is -0.494 e. The first-order chi connectivity index (χ1) is 15.4. The van der Waals surface area contributed by atoms with E-state index in [1.807, 2.05) is 19.9 Å². The van der Waals surface area contributed by atoms with E-state index in [0.29, 0.717) is 44.0 Å². The number of rotatable bonds is 8. The van der Waals surface area contributed by atoms with Crippen molar-refractivity contribution >= 4 is 11.8 Å². The fourth-order valence-electron chi connectivity index (χ4n) is 3.55. The Hall–Kier alpha value is -3.13. The molecule has 0 saturated carbocycles. The van der Waals surface area contributed by atoms with Crippen LogP contribution >= 0.6 is 0 Å². The summed E-state index contributed by atoms with van der Waals surface area (Å²) in [7, 11) is 1.44. The first-order valence-electron chi connectivity index (χ1n) is 10.7. The van der Waals surface area contributed by atoms with Crippen molar-refractivity contribution in [2.24, 2.45) is 0 Å². The van der Waals surface area contributed by atoms with Gasteiger partial charge in [0.1, 0.15) is 5.75 Å². The van der Waals surface area contributed by atoms with E-state index < -0.39 is 0 Å². The monoisotopic (exact) mass is 443 g/mol. The zero-order valence-corrected chi connectivity index (χ0v) is 18.8. The van der Waals surface area contributed by atoms with Crippen molar-refractivity contribution in [3.63, 3.8) is 0 Å². The molecule has 0 atom stereocenters. The van der Waals surface area contributed by atoms with Crippen LogP contribution in [0.5, 0.6) is 11.5 Å². The fourth-order valence-corrected chi connectivity index (χ4v) is 3.55. The Kier molecular flexibility index (Phi) is 8.05. The average Bonchev–Trinajstić information content (AvgIpc) is 2.78. The minimum absolute atomic E-state index is 0.0488. The molecular formula is C24H30FN3O4. The number of carbonyl (C=O) groups is 2. The highest BCUT2D eigenvalue weighted by molar-refractivity contribution is 5.96. The van der Waals surface area contributed by atoms with E-state index in [9.17, 15) is 14.0 Å². The molecule has 172 valence electrons. The van der Waals surface area contributed by atoms with Crippen molar-refractivity contribution in [2.45, 2.75) is 26.5 Å². The summed E-state index contributed by atoms with van der Waals surface area (Å²) in [5.41, 5.74) is 1.34. The second-order valence-electron chi connectivity index (χ2n) is 8.00. The molecule has 0 unspecified atom stereocenters. The summed E-state index contributed by atoms with van der Waals surface area (Å²) in [6.45, 7) is 6.93. The van der Waals surface area contributed by atoms with Crippen molar-refractivity contribution < 1.29 is 23.5 Å². The molecule has 32 heavy (non-hydrogen) atoms. The largest absolute Gasteiger partial charge is 0.494 e. The van der Waals surface area contributed by atoms with Gasteiger partial charge in [-0.15, -0.1) is 0 Å². The predicted molar refractivity (Wildman–Crippen MR) is 119 cm³/mol. The summed E-state index contributed by atoms with van der Waals surface area (Å²) in [6.07, 6.45) is 0.0603. The van der Waals surface area contributed by atoms with Crippen LogP contribution in [0.4, 0.5) is 4.39 Å². The van der Waals surface area contributed by atoms with E-state index in [2.05, 4.69) is 10.2 Å². The summed E-state index contributed by atoms with van der Waals surface area (Å²) >= 11 is 0. The summed E-state index contributed by atoms with van der Waals surface area (Å²) in [4.78, 5) is 28.7. The predicted octanol–water partition coefficient (Wildman–Crippen LogP) is 2.70. The molecule has 2 aromatic carbocycles. The summed E-state index contributed by atoms with van der Waals surface area (Å²) in [6, 6.07) is 11.8. The molecule has 1 aliphatic rings. The van der Waals surface area contributed by atoms with E-state index in [1.54, 1.807) is 35.2 Å². The van der Waals surface area contributed by atoms with Crippen LogP contribution in [0.15, 0.2) is 42.5 Å². The molecule has 7 nitrogen and oxygen atoms in total. The van der Waals surface area contributed by atoms with Crippen molar-refractivity contribution in [1.82, 2.24) is 15.1 Å². The molecule has 1 fully saturated rings. The molecule has 0 aliphatic carbocycles. The van der Waals surface area contributed by atoms with Gasteiger partial charge in [0.05, 0.1) is 19.8 Å². The van der Waals surface area contributed by atoms with Gasteiger partial charge in [0.15, 0.2) is 11.6 Å². The third-order valence-corrected chi connectivity index (χ3v) is 5.24. The molecular weight excluding hydrogens is 413 g/mol. The highest BCUT2D eigenvalue weighted by Crippen LogP contribution is 2.19. The van der Waals surface area contributed by atoms with Gasteiger partial charge in [-0.1, -0.05) is 6.07 Å². The van der Waals surface area contributed by atoms with Gasteiger partial charge in [-0.2, -0.15) is 0 Å². The van der Waals surface area contributed by atoms with Crippen LogP contribution in [0, 0.1) is 5.82 Å². The highest BCUT2D eigenvalue weighted by Gasteiger charge is 2.22. The maximum Gasteiger partial charge on any atom is 0.251 e. The number of nitrogens with one attached hydrogen (secondary N) is 1. The second kappa shape index (κ2) is 10.9. The van der Waals surface area contributed by atoms with Crippen LogP contribution in [0.25, 0.3) is 0 Å². The number of ether oxygens (including phenoxy) is 2. The van der Waals surface area contributed by atoms with E-state index in [4.69, 9.17) is 9.47 Å². The molecule has 0 radical (unpaired) electrons. The van der Waals surface area contributed by atoms with Gasteiger partial charge in [0.25, 0.3) is 5.91 Å². The molecule has 1 saturated heterocycles. The zero-order valence-electron chi connectivity index (χ0n) is 18.8. The number of benzene rings is 2. The Labute approximate surface area is 188 Å². The van der Waals surface area contributed by atoms with Crippen LogP contribution in [0.2, 0.25) is 0 Å². The van der Waals surface area contributed by atoms with E-state index >= 15 is 0 Å². The zero-order chi connectivity index (χ0) is 23.1. The smallest absolute Gasteiger partial charge is 0.251 e. The Morgan fingerprint density at radius 2 is 1.75 bits per heavy atom. The van der Waals surface area contributed by atoms with Crippen molar-refractivity contribution in [3.05, 3.63) is 59.4 Å². The van der Waals surface area contributed by atoms with Crippen molar-refractivity contribution in [1.29, 1.82) is 0 Å². The molecule has 1 aliphatic heterocycles. The average molecular weight is 444 g/mol. The van der Waals surface area contributed by atoms with Gasteiger partial charge in [-0.3, -0.25) is 14.5 Å². The Bertz CT molecular complexity index is 925. The van der Waals surface area contributed by atoms with Crippen LogP contribution < -0.4 is 14.8 Å². The summed E-state index contributed by atoms with van der Waals surface area (Å²) < 4.78 is 24.4. The normalized spacial score (nSPS) is 14.3. The molecule has 0 aromatic heterocycles. The van der Waals surface area contributed by atoms with Crippen LogP contribution in [0.1, 0.15) is 29.8 Å². The third kappa shape index (κ3) is 6.43. The van der Waals surface area contributed by atoms with Gasteiger partial charge in [0.2, 0.25) is 5.91 Å². The number of halogens is 1. The summed E-state index contributed by atoms with van der Waals surface area (Å²) in [5, 5.41) is 2.69. The third-order valence-electron chi connectivity index (χ3n) is 5.24. The first kappa shape index (κ1) is 23.5. The lowest BCUT2D eigenvalue weighted by molar-refractivity contribution is -0.131. The van der Waals surface area contributed by atoms with Crippen LogP contribution in [0.3, 0.4) is 0 Å². The summed E-state index contributed by atoms with van der Waals surface area (Å²) in [5.74, 6) is 0.133. The first-order valence-corrected chi connectivity index (χ1v) is 10.7. The number of hydrogen-bond acceptors (Lipinski definition) is 5. The van der Waals surface area contributed by atoms with E-state index in [1.165, 1.54) is 13.2 Å². The highest BCUT2D eigenvalue weighted by atomic mass is 19.1. The van der Waals surface area contributed by atoms with Crippen molar-refractivity contribution in [3.8, 4) is 11.5 Å². The fraction of sp³-hybridized carbons (Fsp3) is 0.417. The quantitative estimate of drug-likeness (QED) is 0.679. The molecule has 0 spiro atoms. The van der Waals surface area contributed by atoms with E-state index in [-0.39, 0.29) is 36.0 Å². The van der Waals surface area contributed by atoms with E-state index in [0.717, 1.165) is 5.56 Å². The molecule has 1 N–H and O–H groups in total. The molecule has 1 heterocycles. The second-order valence-corrected chi connectivity index (χ2v) is 8.00. The lowest BCUT2D eigenvalue weighted by Gasteiger charge is -2.34. The van der Waals surface area contributed by atoms with Gasteiger partial charge in [0, 0.05) is 38.3 Å². The number of carbonyl (C=O) groups excluding carboxylic acids is 2. The molecule has 0 bridgehead atoms. The SMILES string of the molecule is COc1ccc(CN2CCN(C(=O)CNC(=O)c3ccc(OC(C)C)cc3)CC2)cc1F. The standard InChI is InChI=1S/C24H30FN3O4/c1-17(2)32-20-7-5-19(6-8-20)24(30)26-15-23(29)28-12-10-27(11-13-28)16-18-4-9-22(31-3)21(25)14-18/h4-9,14,17H,10-13,15-16H2,1-3H3,(H,26,30). The number of piperazine rings is 1. The van der Waals surface area contributed by atoms with Crippen LogP contribution in [-0.2, 0) is 11.3 Å². The van der Waals surface area contributed by atoms with Gasteiger partial charge < -0.3 is 19.7 Å². The van der Waals surface area contributed by atoms with Gasteiger partial charge >= 0.3 is 0 Å². The van der Waals surface area contributed by atoms with Gasteiger partial charge in [-0.25, -0.2) is 4.39 Å². The Balaban J connectivity index is 1.42. The Morgan fingerprint density at radius 1 is 1.06 bits per heavy atom. The molecule has 2 amide bonds. The van der Waals surface area contributed by atoms with Crippen molar-refractivity contribution in [2.75, 3.05) is 39.8 Å². The number of nitrogens with zero attached hydrogens (tertiary/aromatic N) is 2. The molecule has 3 rings (SSSR count). The number of methoxy groups -OCH3 is 1. The Morgan fingerprint density at radius 3 is 2.34 bits per heavy atom. The lowest BCUT2D eigenvalue weighted by Crippen LogP contribution is -2.50. The minimum atomic E-state index is -0.378. The van der Waals surface area contributed by atoms with Gasteiger partial charge in [-0.05, 0) is 55.8 Å².